The minimum absolute atomic E-state index is 0.238. The summed E-state index contributed by atoms with van der Waals surface area (Å²) < 4.78 is 5.43. The first-order valence-corrected chi connectivity index (χ1v) is 11.2. The summed E-state index contributed by atoms with van der Waals surface area (Å²) in [4.78, 5) is 17.2. The Morgan fingerprint density at radius 2 is 1.90 bits per heavy atom. The Morgan fingerprint density at radius 3 is 2.53 bits per heavy atom. The number of alkyl carbamates (subject to hydrolysis) is 1. The maximum absolute atomic E-state index is 12.3. The molecule has 2 aromatic rings. The van der Waals surface area contributed by atoms with Crippen molar-refractivity contribution in [1.82, 2.24) is 10.3 Å². The van der Waals surface area contributed by atoms with Gasteiger partial charge in [-0.3, -0.25) is 4.98 Å². The van der Waals surface area contributed by atoms with Crippen molar-refractivity contribution in [3.05, 3.63) is 35.0 Å². The largest absolute Gasteiger partial charge is 0.508 e. The van der Waals surface area contributed by atoms with Crippen molar-refractivity contribution in [1.29, 1.82) is 0 Å². The predicted octanol–water partition coefficient (Wildman–Crippen LogP) is 6.29. The van der Waals surface area contributed by atoms with E-state index in [1.54, 1.807) is 12.1 Å². The molecule has 2 rings (SSSR count). The molecule has 0 radical (unpaired) electrons. The van der Waals surface area contributed by atoms with Crippen molar-refractivity contribution < 1.29 is 14.6 Å². The topological polar surface area (TPSA) is 71.5 Å². The van der Waals surface area contributed by atoms with Gasteiger partial charge >= 0.3 is 6.09 Å². The third-order valence-corrected chi connectivity index (χ3v) is 4.96. The van der Waals surface area contributed by atoms with Gasteiger partial charge in [-0.25, -0.2) is 4.79 Å². The summed E-state index contributed by atoms with van der Waals surface area (Å²) in [6, 6.07) is 5.37. The number of hydrogen-bond donors (Lipinski definition) is 2. The zero-order chi connectivity index (χ0) is 22.3. The van der Waals surface area contributed by atoms with E-state index in [-0.39, 0.29) is 5.75 Å². The molecule has 1 heterocycles. The SMILES string of the molecule is CCCCCCc1c(CNC(=O)OC(C)(C)C)c(CC(C)C)nc2ccc(O)cc12. The van der Waals surface area contributed by atoms with Gasteiger partial charge in [0.1, 0.15) is 11.4 Å². The van der Waals surface area contributed by atoms with Gasteiger partial charge in [0.25, 0.3) is 0 Å². The molecular formula is C25H38N2O3. The highest BCUT2D eigenvalue weighted by Gasteiger charge is 2.20. The van der Waals surface area contributed by atoms with Gasteiger partial charge in [0.15, 0.2) is 0 Å². The minimum Gasteiger partial charge on any atom is -0.508 e. The lowest BCUT2D eigenvalue weighted by molar-refractivity contribution is 0.0523. The molecule has 1 aromatic heterocycles. The number of fused-ring (bicyclic) bond motifs is 1. The van der Waals surface area contributed by atoms with Crippen molar-refractivity contribution in [2.75, 3.05) is 0 Å². The number of aromatic nitrogens is 1. The first kappa shape index (κ1) is 24.0. The number of unbranched alkanes of at least 4 members (excludes halogenated alkanes) is 3. The number of aryl methyl sites for hydroxylation is 1. The zero-order valence-electron chi connectivity index (χ0n) is 19.5. The summed E-state index contributed by atoms with van der Waals surface area (Å²) in [5, 5.41) is 14.0. The molecule has 0 fully saturated rings. The lowest BCUT2D eigenvalue weighted by Gasteiger charge is -2.22. The van der Waals surface area contributed by atoms with Crippen LogP contribution in [0.5, 0.6) is 5.75 Å². The quantitative estimate of drug-likeness (QED) is 0.473. The van der Waals surface area contributed by atoms with Crippen LogP contribution in [-0.2, 0) is 24.1 Å². The number of carbonyl (C=O) groups excluding carboxylic acids is 1. The summed E-state index contributed by atoms with van der Waals surface area (Å²) in [5.41, 5.74) is 3.61. The number of phenols is 1. The van der Waals surface area contributed by atoms with E-state index in [2.05, 4.69) is 26.1 Å². The lowest BCUT2D eigenvalue weighted by atomic mass is 9.92. The van der Waals surface area contributed by atoms with Gasteiger partial charge in [-0.05, 0) is 75.3 Å². The summed E-state index contributed by atoms with van der Waals surface area (Å²) in [7, 11) is 0. The van der Waals surface area contributed by atoms with E-state index in [1.165, 1.54) is 18.4 Å². The van der Waals surface area contributed by atoms with E-state index >= 15 is 0 Å². The first-order valence-electron chi connectivity index (χ1n) is 11.2. The molecule has 5 nitrogen and oxygen atoms in total. The normalized spacial score (nSPS) is 11.8. The number of carbonyl (C=O) groups is 1. The van der Waals surface area contributed by atoms with Crippen LogP contribution in [0.1, 0.15) is 84.0 Å². The number of amides is 1. The Hall–Kier alpha value is -2.30. The second-order valence-electron chi connectivity index (χ2n) is 9.48. The van der Waals surface area contributed by atoms with Crippen LogP contribution in [0, 0.1) is 5.92 Å². The maximum atomic E-state index is 12.3. The zero-order valence-corrected chi connectivity index (χ0v) is 19.5. The molecule has 0 saturated heterocycles. The Labute approximate surface area is 181 Å². The predicted molar refractivity (Wildman–Crippen MR) is 123 cm³/mol. The van der Waals surface area contributed by atoms with Crippen LogP contribution in [0.25, 0.3) is 10.9 Å². The van der Waals surface area contributed by atoms with E-state index in [0.717, 1.165) is 47.8 Å². The van der Waals surface area contributed by atoms with E-state index in [1.807, 2.05) is 26.8 Å². The molecular weight excluding hydrogens is 376 g/mol. The smallest absolute Gasteiger partial charge is 0.407 e. The van der Waals surface area contributed by atoms with Gasteiger partial charge in [-0.2, -0.15) is 0 Å². The maximum Gasteiger partial charge on any atom is 0.407 e. The Kier molecular flexibility index (Phi) is 8.51. The lowest BCUT2D eigenvalue weighted by Crippen LogP contribution is -2.32. The molecule has 0 bridgehead atoms. The summed E-state index contributed by atoms with van der Waals surface area (Å²) in [6.07, 6.45) is 5.94. The van der Waals surface area contributed by atoms with Gasteiger partial charge in [0, 0.05) is 17.6 Å². The number of ether oxygens (including phenoxy) is 1. The molecule has 0 aliphatic carbocycles. The number of aromatic hydroxyl groups is 1. The van der Waals surface area contributed by atoms with Crippen molar-refractivity contribution in [2.24, 2.45) is 5.92 Å². The van der Waals surface area contributed by atoms with E-state index in [0.29, 0.717) is 12.5 Å². The minimum atomic E-state index is -0.540. The number of phenolic OH excluding ortho intramolecular Hbond substituents is 1. The Balaban J connectivity index is 2.45. The molecule has 0 atom stereocenters. The fourth-order valence-corrected chi connectivity index (χ4v) is 3.67. The highest BCUT2D eigenvalue weighted by atomic mass is 16.6. The van der Waals surface area contributed by atoms with Crippen LogP contribution in [0.15, 0.2) is 18.2 Å². The number of nitrogens with one attached hydrogen (secondary N) is 1. The third kappa shape index (κ3) is 7.19. The van der Waals surface area contributed by atoms with Crippen LogP contribution in [-0.4, -0.2) is 21.8 Å². The van der Waals surface area contributed by atoms with Gasteiger partial charge < -0.3 is 15.2 Å². The molecule has 0 aliphatic heterocycles. The monoisotopic (exact) mass is 414 g/mol. The van der Waals surface area contributed by atoms with Crippen LogP contribution < -0.4 is 5.32 Å². The summed E-state index contributed by atoms with van der Waals surface area (Å²) in [5.74, 6) is 0.682. The van der Waals surface area contributed by atoms with Crippen molar-refractivity contribution >= 4 is 17.0 Å². The second kappa shape index (κ2) is 10.6. The fourth-order valence-electron chi connectivity index (χ4n) is 3.67. The third-order valence-electron chi connectivity index (χ3n) is 4.96. The first-order chi connectivity index (χ1) is 14.1. The number of hydrogen-bond acceptors (Lipinski definition) is 4. The standard InChI is InChI=1S/C25H38N2O3/c1-7-8-9-10-11-19-20-15-18(28)12-13-22(20)27-23(14-17(2)3)21(19)16-26-24(29)30-25(4,5)6/h12-13,15,17,28H,7-11,14,16H2,1-6H3,(H,26,29). The molecule has 30 heavy (non-hydrogen) atoms. The average Bonchev–Trinajstić information content (AvgIpc) is 2.62. The molecule has 2 N–H and O–H groups in total. The molecule has 166 valence electrons. The molecule has 0 spiro atoms. The summed E-state index contributed by atoms with van der Waals surface area (Å²) in [6.45, 7) is 12.5. The van der Waals surface area contributed by atoms with Crippen molar-refractivity contribution in [2.45, 2.75) is 92.2 Å². The molecule has 0 saturated carbocycles. The Morgan fingerprint density at radius 1 is 1.17 bits per heavy atom. The summed E-state index contributed by atoms with van der Waals surface area (Å²) >= 11 is 0. The molecule has 1 amide bonds. The number of benzene rings is 1. The van der Waals surface area contributed by atoms with Crippen molar-refractivity contribution in [3.63, 3.8) is 0 Å². The average molecular weight is 415 g/mol. The fraction of sp³-hybridized carbons (Fsp3) is 0.600. The van der Waals surface area contributed by atoms with Gasteiger partial charge in [0.2, 0.25) is 0 Å². The van der Waals surface area contributed by atoms with Gasteiger partial charge in [-0.15, -0.1) is 0 Å². The van der Waals surface area contributed by atoms with Crippen LogP contribution in [0.3, 0.4) is 0 Å². The molecule has 5 heteroatoms. The van der Waals surface area contributed by atoms with E-state index in [4.69, 9.17) is 9.72 Å². The number of rotatable bonds is 9. The van der Waals surface area contributed by atoms with Crippen LogP contribution in [0.2, 0.25) is 0 Å². The van der Waals surface area contributed by atoms with Crippen LogP contribution >= 0.6 is 0 Å². The van der Waals surface area contributed by atoms with Gasteiger partial charge in [-0.1, -0.05) is 40.0 Å². The van der Waals surface area contributed by atoms with Crippen molar-refractivity contribution in [3.8, 4) is 5.75 Å². The Bertz CT molecular complexity index is 854. The van der Waals surface area contributed by atoms with E-state index < -0.39 is 11.7 Å². The highest BCUT2D eigenvalue weighted by Crippen LogP contribution is 2.30. The molecule has 0 aliphatic rings. The molecule has 1 aromatic carbocycles. The van der Waals surface area contributed by atoms with Crippen LogP contribution in [0.4, 0.5) is 4.79 Å². The highest BCUT2D eigenvalue weighted by molar-refractivity contribution is 5.85. The van der Waals surface area contributed by atoms with E-state index in [9.17, 15) is 9.90 Å². The number of nitrogens with zero attached hydrogens (tertiary/aromatic N) is 1. The second-order valence-corrected chi connectivity index (χ2v) is 9.48. The molecule has 0 unspecified atom stereocenters. The van der Waals surface area contributed by atoms with Gasteiger partial charge in [0.05, 0.1) is 5.52 Å². The number of pyridine rings is 1.